The SMILES string of the molecule is COc1ccc(C2c3c(oc4ccccc4c3=O)C(=O)N2c2ccc(C)cc2)cc1. The number of hydrogen-bond acceptors (Lipinski definition) is 4. The van der Waals surface area contributed by atoms with Crippen LogP contribution in [0.5, 0.6) is 5.75 Å². The molecule has 2 heterocycles. The van der Waals surface area contributed by atoms with Gasteiger partial charge in [0.2, 0.25) is 5.76 Å². The smallest absolute Gasteiger partial charge is 0.295 e. The molecule has 0 saturated carbocycles. The molecule has 0 fully saturated rings. The van der Waals surface area contributed by atoms with Crippen molar-refractivity contribution in [1.82, 2.24) is 0 Å². The Morgan fingerprint density at radius 3 is 2.30 bits per heavy atom. The van der Waals surface area contributed by atoms with Gasteiger partial charge in [-0.2, -0.15) is 0 Å². The van der Waals surface area contributed by atoms with Gasteiger partial charge in [0, 0.05) is 5.69 Å². The van der Waals surface area contributed by atoms with E-state index in [4.69, 9.17) is 9.15 Å². The molecule has 1 aliphatic rings. The monoisotopic (exact) mass is 397 g/mol. The number of para-hydroxylation sites is 1. The molecule has 0 radical (unpaired) electrons. The van der Waals surface area contributed by atoms with Gasteiger partial charge in [-0.1, -0.05) is 42.0 Å². The summed E-state index contributed by atoms with van der Waals surface area (Å²) in [4.78, 5) is 28.5. The first-order valence-corrected chi connectivity index (χ1v) is 9.68. The van der Waals surface area contributed by atoms with Crippen molar-refractivity contribution in [2.75, 3.05) is 12.0 Å². The number of carbonyl (C=O) groups excluding carboxylic acids is 1. The lowest BCUT2D eigenvalue weighted by atomic mass is 9.98. The van der Waals surface area contributed by atoms with Crippen LogP contribution in [0.2, 0.25) is 0 Å². The minimum absolute atomic E-state index is 0.0973. The number of rotatable bonds is 3. The Morgan fingerprint density at radius 2 is 1.60 bits per heavy atom. The number of ether oxygens (including phenoxy) is 1. The number of hydrogen-bond donors (Lipinski definition) is 0. The van der Waals surface area contributed by atoms with E-state index in [1.165, 1.54) is 0 Å². The molecule has 1 aromatic heterocycles. The molecule has 1 amide bonds. The summed E-state index contributed by atoms with van der Waals surface area (Å²) >= 11 is 0. The van der Waals surface area contributed by atoms with Crippen molar-refractivity contribution in [2.24, 2.45) is 0 Å². The summed E-state index contributed by atoms with van der Waals surface area (Å²) in [6.07, 6.45) is 0. The second-order valence-corrected chi connectivity index (χ2v) is 7.36. The van der Waals surface area contributed by atoms with Gasteiger partial charge in [0.15, 0.2) is 5.43 Å². The maximum Gasteiger partial charge on any atom is 0.295 e. The highest BCUT2D eigenvalue weighted by Gasteiger charge is 2.43. The predicted molar refractivity (Wildman–Crippen MR) is 115 cm³/mol. The molecule has 5 heteroatoms. The van der Waals surface area contributed by atoms with Crippen LogP contribution in [0.25, 0.3) is 11.0 Å². The molecule has 0 N–H and O–H groups in total. The highest BCUT2D eigenvalue weighted by molar-refractivity contribution is 6.10. The third-order valence-corrected chi connectivity index (χ3v) is 5.52. The van der Waals surface area contributed by atoms with Crippen molar-refractivity contribution in [3.63, 3.8) is 0 Å². The average Bonchev–Trinajstić information content (AvgIpc) is 3.07. The topological polar surface area (TPSA) is 59.8 Å². The van der Waals surface area contributed by atoms with E-state index in [-0.39, 0.29) is 17.1 Å². The molecule has 5 rings (SSSR count). The lowest BCUT2D eigenvalue weighted by molar-refractivity contribution is 0.0971. The van der Waals surface area contributed by atoms with Crippen molar-refractivity contribution in [3.8, 4) is 5.75 Å². The minimum Gasteiger partial charge on any atom is -0.497 e. The number of amides is 1. The summed E-state index contributed by atoms with van der Waals surface area (Å²) in [5.41, 5.74) is 3.20. The van der Waals surface area contributed by atoms with E-state index in [2.05, 4.69) is 0 Å². The number of nitrogens with zero attached hydrogens (tertiary/aromatic N) is 1. The summed E-state index contributed by atoms with van der Waals surface area (Å²) in [5.74, 6) is 0.480. The molecule has 1 unspecified atom stereocenters. The zero-order valence-corrected chi connectivity index (χ0v) is 16.6. The molecule has 30 heavy (non-hydrogen) atoms. The molecule has 0 bridgehead atoms. The van der Waals surface area contributed by atoms with Crippen LogP contribution in [0.4, 0.5) is 5.69 Å². The first-order chi connectivity index (χ1) is 14.6. The van der Waals surface area contributed by atoms with E-state index < -0.39 is 6.04 Å². The molecule has 1 atom stereocenters. The van der Waals surface area contributed by atoms with Crippen molar-refractivity contribution < 1.29 is 13.9 Å². The fourth-order valence-corrected chi connectivity index (χ4v) is 3.99. The summed E-state index contributed by atoms with van der Waals surface area (Å²) in [5, 5.41) is 0.466. The van der Waals surface area contributed by atoms with Gasteiger partial charge in [0.1, 0.15) is 11.3 Å². The minimum atomic E-state index is -0.582. The van der Waals surface area contributed by atoms with Gasteiger partial charge in [-0.15, -0.1) is 0 Å². The Bertz CT molecular complexity index is 1320. The number of fused-ring (bicyclic) bond motifs is 2. The van der Waals surface area contributed by atoms with Gasteiger partial charge in [0.25, 0.3) is 5.91 Å². The highest BCUT2D eigenvalue weighted by atomic mass is 16.5. The summed E-state index contributed by atoms with van der Waals surface area (Å²) in [6, 6.07) is 21.5. The van der Waals surface area contributed by atoms with Crippen LogP contribution in [0.3, 0.4) is 0 Å². The second-order valence-electron chi connectivity index (χ2n) is 7.36. The van der Waals surface area contributed by atoms with Gasteiger partial charge in [-0.25, -0.2) is 0 Å². The molecule has 0 saturated heterocycles. The van der Waals surface area contributed by atoms with Crippen LogP contribution in [0, 0.1) is 6.92 Å². The Kier molecular flexibility index (Phi) is 4.17. The standard InChI is InChI=1S/C25H19NO4/c1-15-7-11-17(12-8-15)26-22(16-9-13-18(29-2)14-10-16)21-23(27)19-5-3-4-6-20(19)30-24(21)25(26)28/h3-14,22H,1-2H3. The molecule has 3 aromatic carbocycles. The van der Waals surface area contributed by atoms with Crippen molar-refractivity contribution in [2.45, 2.75) is 13.0 Å². The molecular formula is C25H19NO4. The lowest BCUT2D eigenvalue weighted by Gasteiger charge is -2.25. The zero-order chi connectivity index (χ0) is 20.8. The molecule has 5 nitrogen and oxygen atoms in total. The number of anilines is 1. The van der Waals surface area contributed by atoms with Gasteiger partial charge >= 0.3 is 0 Å². The third-order valence-electron chi connectivity index (χ3n) is 5.52. The largest absolute Gasteiger partial charge is 0.497 e. The lowest BCUT2D eigenvalue weighted by Crippen LogP contribution is -2.29. The average molecular weight is 397 g/mol. The summed E-state index contributed by atoms with van der Waals surface area (Å²) in [7, 11) is 1.60. The third kappa shape index (κ3) is 2.70. The molecule has 1 aliphatic heterocycles. The summed E-state index contributed by atoms with van der Waals surface area (Å²) < 4.78 is 11.2. The van der Waals surface area contributed by atoms with Crippen LogP contribution in [0.1, 0.15) is 33.3 Å². The maximum atomic E-state index is 13.5. The van der Waals surface area contributed by atoms with Crippen LogP contribution in [-0.2, 0) is 0 Å². The van der Waals surface area contributed by atoms with E-state index in [1.807, 2.05) is 55.5 Å². The maximum absolute atomic E-state index is 13.5. The number of methoxy groups -OCH3 is 1. The van der Waals surface area contributed by atoms with Crippen LogP contribution in [0.15, 0.2) is 82.0 Å². The van der Waals surface area contributed by atoms with E-state index >= 15 is 0 Å². The fourth-order valence-electron chi connectivity index (χ4n) is 3.99. The fraction of sp³-hybridized carbons (Fsp3) is 0.120. The van der Waals surface area contributed by atoms with E-state index in [0.29, 0.717) is 28.0 Å². The first kappa shape index (κ1) is 18.2. The number of carbonyl (C=O) groups is 1. The van der Waals surface area contributed by atoms with Crippen LogP contribution >= 0.6 is 0 Å². The quantitative estimate of drug-likeness (QED) is 0.495. The Labute approximate surface area is 173 Å². The van der Waals surface area contributed by atoms with Crippen LogP contribution in [-0.4, -0.2) is 13.0 Å². The first-order valence-electron chi connectivity index (χ1n) is 9.68. The van der Waals surface area contributed by atoms with Crippen LogP contribution < -0.4 is 15.1 Å². The second kappa shape index (κ2) is 6.88. The van der Waals surface area contributed by atoms with E-state index in [1.54, 1.807) is 36.3 Å². The van der Waals surface area contributed by atoms with Crippen molar-refractivity contribution in [3.05, 3.63) is 105 Å². The number of benzene rings is 3. The molecular weight excluding hydrogens is 378 g/mol. The van der Waals surface area contributed by atoms with Crippen molar-refractivity contribution >= 4 is 22.6 Å². The van der Waals surface area contributed by atoms with Gasteiger partial charge in [-0.3, -0.25) is 14.5 Å². The highest BCUT2D eigenvalue weighted by Crippen LogP contribution is 2.41. The van der Waals surface area contributed by atoms with E-state index in [0.717, 1.165) is 11.1 Å². The number of aryl methyl sites for hydroxylation is 1. The van der Waals surface area contributed by atoms with Gasteiger partial charge < -0.3 is 9.15 Å². The van der Waals surface area contributed by atoms with E-state index in [9.17, 15) is 9.59 Å². The van der Waals surface area contributed by atoms with Gasteiger partial charge in [0.05, 0.1) is 24.1 Å². The van der Waals surface area contributed by atoms with Crippen molar-refractivity contribution in [1.29, 1.82) is 0 Å². The molecule has 4 aromatic rings. The van der Waals surface area contributed by atoms with Gasteiger partial charge in [-0.05, 0) is 48.9 Å². The molecule has 0 spiro atoms. The summed E-state index contributed by atoms with van der Waals surface area (Å²) in [6.45, 7) is 1.99. The normalized spacial score (nSPS) is 15.5. The molecule has 0 aliphatic carbocycles. The Morgan fingerprint density at radius 1 is 0.900 bits per heavy atom. The predicted octanol–water partition coefficient (Wildman–Crippen LogP) is 4.86. The molecule has 148 valence electrons. The Hall–Kier alpha value is -3.86. The zero-order valence-electron chi connectivity index (χ0n) is 16.6. The Balaban J connectivity index is 1.78.